The first kappa shape index (κ1) is 74.3. The first-order chi connectivity index (χ1) is 39.8. The summed E-state index contributed by atoms with van der Waals surface area (Å²) in [5.74, 6) is 0.851. The molecule has 2 aromatic heterocycles. The fourth-order valence-corrected chi connectivity index (χ4v) is 13.8. The number of thiophene rings is 2. The number of benzene rings is 3. The van der Waals surface area contributed by atoms with Crippen molar-refractivity contribution in [2.75, 3.05) is 118 Å². The Bertz CT molecular complexity index is 2720. The second kappa shape index (κ2) is 39.8. The minimum atomic E-state index is 0. The van der Waals surface area contributed by atoms with E-state index in [1.807, 2.05) is 77.1 Å². The first-order valence-electron chi connectivity index (χ1n) is 30.4. The number of nitrogens with zero attached hydrogens (tertiary/aromatic N) is 7. The number of hydrogen-bond acceptors (Lipinski definition) is 15. The summed E-state index contributed by atoms with van der Waals surface area (Å²) in [5.41, 5.74) is 28.4. The van der Waals surface area contributed by atoms with Crippen LogP contribution >= 0.6 is 58.4 Å². The number of halogens is 1. The molecule has 7 aliphatic heterocycles. The standard InChI is InChI=1S/C21H28N4S.C16H23N3O.C16H25N3.C6H7NS2.C4H7O.C2H6O.Al.HI.Li/c1-16(24-10-2-3-11-24)15-25-12-4-6-17-14-18(8-9-19(17)25)23-21(22)20-7-5-13-26-20;1-12(18-8-2-3-9-18)11-19-15-6-5-14(17)10-13(15)4-7-16(19)20;1-13(18-8-2-3-9-18)12-19-10-4-5-14-11-15(17)6-7-16(14)19;1-8-6(7)5-3-2-4-9-5;1-2-4-5-3-1;1-2-3;;;/h5,7-9,13-14,16H,2-4,6,10-12,15H2,1H3,(H2,22,23);5-6,10,12H,2-4,7-9,11,17H2,1H3;6-7,11,13H,2-5,8-10,12,17H2,1H3;2-4,7H,1H3;3H,1-2,4H2;3H,2H2,1H3;;1H;/q;;;;-1;;;;+1. The van der Waals surface area contributed by atoms with Gasteiger partial charge >= 0.3 is 18.9 Å². The van der Waals surface area contributed by atoms with Crippen LogP contribution in [0.2, 0.25) is 0 Å². The number of amidine groups is 1. The van der Waals surface area contributed by atoms with E-state index in [2.05, 4.69) is 80.6 Å². The van der Waals surface area contributed by atoms with Gasteiger partial charge in [-0.05, 0) is 238 Å². The van der Waals surface area contributed by atoms with Gasteiger partial charge in [0, 0.05) is 116 Å². The normalized spacial score (nSPS) is 18.4. The average Bonchev–Trinajstić information content (AvgIpc) is 3.37. The molecule has 20 heteroatoms. The average molecular weight is 1340 g/mol. The third kappa shape index (κ3) is 23.3. The molecule has 3 radical (unpaired) electrons. The van der Waals surface area contributed by atoms with Gasteiger partial charge in [-0.25, -0.2) is 11.6 Å². The van der Waals surface area contributed by atoms with E-state index < -0.39 is 0 Å². The van der Waals surface area contributed by atoms with Crippen LogP contribution in [0.3, 0.4) is 0 Å². The number of thioether (sulfide) groups is 1. The largest absolute Gasteiger partial charge is 1.00 e. The van der Waals surface area contributed by atoms with Crippen LogP contribution in [0.25, 0.3) is 0 Å². The van der Waals surface area contributed by atoms with Crippen molar-refractivity contribution in [1.29, 1.82) is 5.41 Å². The van der Waals surface area contributed by atoms with Gasteiger partial charge in [-0.2, -0.15) is 6.42 Å². The zero-order chi connectivity index (χ0) is 58.2. The number of amides is 1. The molecule has 0 bridgehead atoms. The van der Waals surface area contributed by atoms with Gasteiger partial charge in [-0.15, -0.1) is 58.4 Å². The summed E-state index contributed by atoms with van der Waals surface area (Å²) in [6, 6.07) is 28.5. The van der Waals surface area contributed by atoms with Crippen LogP contribution in [0.15, 0.2) is 94.6 Å². The van der Waals surface area contributed by atoms with Crippen molar-refractivity contribution in [3.8, 4) is 0 Å². The Morgan fingerprint density at radius 3 is 1.56 bits per heavy atom. The van der Waals surface area contributed by atoms with Crippen molar-refractivity contribution in [2.45, 2.75) is 136 Å². The number of aliphatic hydroxyl groups excluding tert-OH is 1. The van der Waals surface area contributed by atoms with Crippen LogP contribution in [0.1, 0.15) is 125 Å². The fraction of sp³-hybridized carbons (Fsp3) is 0.538. The van der Waals surface area contributed by atoms with Gasteiger partial charge in [-0.1, -0.05) is 18.6 Å². The van der Waals surface area contributed by atoms with Crippen LogP contribution in [-0.4, -0.2) is 164 Å². The van der Waals surface area contributed by atoms with E-state index in [1.54, 1.807) is 29.6 Å². The molecule has 8 N–H and O–H groups in total. The maximum atomic E-state index is 12.3. The Morgan fingerprint density at radius 1 is 0.659 bits per heavy atom. The molecule has 3 aromatic carbocycles. The van der Waals surface area contributed by atoms with E-state index in [0.717, 1.165) is 97.6 Å². The molecular weight excluding hydrogens is 1240 g/mol. The predicted octanol–water partition coefficient (Wildman–Crippen LogP) is 9.19. The molecule has 9 heterocycles. The summed E-state index contributed by atoms with van der Waals surface area (Å²) in [4.78, 5) is 33.8. The molecule has 0 aliphatic carbocycles. The van der Waals surface area contributed by atoms with Crippen molar-refractivity contribution in [3.05, 3.63) is 123 Å². The molecule has 4 fully saturated rings. The Balaban J connectivity index is 0.000000238. The summed E-state index contributed by atoms with van der Waals surface area (Å²) in [6.45, 7) is 24.5. The number of anilines is 5. The van der Waals surface area contributed by atoms with E-state index in [9.17, 15) is 4.79 Å². The van der Waals surface area contributed by atoms with E-state index in [-0.39, 0.29) is 72.7 Å². The topological polar surface area (TPSA) is 180 Å². The quantitative estimate of drug-likeness (QED) is 0.0200. The van der Waals surface area contributed by atoms with Crippen LogP contribution in [0, 0.1) is 12.0 Å². The predicted molar refractivity (Wildman–Crippen MR) is 373 cm³/mol. The number of hydrogen-bond donors (Lipinski definition) is 5. The number of rotatable bonds is 12. The van der Waals surface area contributed by atoms with E-state index in [0.29, 0.717) is 35.4 Å². The number of nitrogens with two attached hydrogens (primary N) is 3. The van der Waals surface area contributed by atoms with Crippen molar-refractivity contribution in [1.82, 2.24) is 14.7 Å². The zero-order valence-electron chi connectivity index (χ0n) is 51.9. The third-order valence-electron chi connectivity index (χ3n) is 16.3. The number of fused-ring (bicyclic) bond motifs is 3. The molecule has 4 saturated heterocycles. The maximum Gasteiger partial charge on any atom is 1.00 e. The molecule has 0 saturated carbocycles. The number of nitrogen functional groups attached to an aromatic ring is 2. The van der Waals surface area contributed by atoms with Gasteiger partial charge in [-0.3, -0.25) is 24.9 Å². The SMILES string of the molecule is CC(CN1C(=O)CCc2cc(N)ccc21)N1CCCC1.CC(CN1CCCc2cc(N)ccc21)N1CCCC1.CC(CN1CCCc2cc(N=C(N)c3cccs3)ccc21)N1CCCC1.CCO.CSC(=N)c1cccs1.I.[Al].[CH-]1CCCO1.[Li+]. The van der Waals surface area contributed by atoms with Gasteiger partial charge in [0.15, 0.2) is 0 Å². The monoisotopic (exact) mass is 1340 g/mol. The number of aryl methyl sites for hydroxylation is 3. The van der Waals surface area contributed by atoms with Gasteiger partial charge in [0.05, 0.1) is 15.4 Å². The smallest absolute Gasteiger partial charge is 0.552 e. The summed E-state index contributed by atoms with van der Waals surface area (Å²) >= 11 is 4.72. The number of carbonyl (C=O) groups is 1. The number of ether oxygens (including phenoxy) is 1. The van der Waals surface area contributed by atoms with Gasteiger partial charge in [0.2, 0.25) is 5.91 Å². The van der Waals surface area contributed by atoms with Crippen molar-refractivity contribution in [2.24, 2.45) is 10.7 Å². The zero-order valence-corrected chi connectivity index (χ0v) is 57.8. The molecule has 85 heavy (non-hydrogen) atoms. The molecule has 459 valence electrons. The summed E-state index contributed by atoms with van der Waals surface area (Å²) in [5, 5.41) is 19.6. The fourth-order valence-electron chi connectivity index (χ4n) is 11.9. The molecule has 12 rings (SSSR count). The Morgan fingerprint density at radius 2 is 1.12 bits per heavy atom. The van der Waals surface area contributed by atoms with Crippen LogP contribution < -0.4 is 50.8 Å². The van der Waals surface area contributed by atoms with Gasteiger partial charge in [0.25, 0.3) is 0 Å². The number of aliphatic imine (C=N–C) groups is 1. The minimum absolute atomic E-state index is 0. The Labute approximate surface area is 562 Å². The molecule has 1 amide bonds. The molecule has 14 nitrogen and oxygen atoms in total. The van der Waals surface area contributed by atoms with Gasteiger partial charge in [0.1, 0.15) is 10.9 Å². The van der Waals surface area contributed by atoms with E-state index >= 15 is 0 Å². The minimum Gasteiger partial charge on any atom is -0.552 e. The molecule has 7 aliphatic rings. The molecule has 3 unspecified atom stereocenters. The number of nitrogens with one attached hydrogen (secondary N) is 1. The second-order valence-electron chi connectivity index (χ2n) is 22.4. The molecule has 0 spiro atoms. The van der Waals surface area contributed by atoms with E-state index in [1.165, 1.54) is 137 Å². The number of carbonyl (C=O) groups excluding carboxylic acids is 1. The van der Waals surface area contributed by atoms with Crippen molar-refractivity contribution >= 4 is 127 Å². The molecule has 5 aromatic rings. The van der Waals surface area contributed by atoms with Crippen LogP contribution in [0.5, 0.6) is 0 Å². The number of aliphatic hydroxyl groups is 1. The van der Waals surface area contributed by atoms with Crippen LogP contribution in [0.4, 0.5) is 34.1 Å². The molecule has 3 atom stereocenters. The first-order valence-corrected chi connectivity index (χ1v) is 33.3. The second-order valence-corrected chi connectivity index (χ2v) is 25.2. The van der Waals surface area contributed by atoms with Gasteiger partial charge < -0.3 is 41.7 Å². The van der Waals surface area contributed by atoms with E-state index in [4.69, 9.17) is 32.5 Å². The number of likely N-dealkylation sites (tertiary alicyclic amines) is 3. The van der Waals surface area contributed by atoms with Crippen molar-refractivity contribution in [3.63, 3.8) is 0 Å². The summed E-state index contributed by atoms with van der Waals surface area (Å²) < 4.78 is 4.82. The third-order valence-corrected chi connectivity index (χ3v) is 18.8. The van der Waals surface area contributed by atoms with Crippen molar-refractivity contribution < 1.29 is 33.5 Å². The Kier molecular flexibility index (Phi) is 34.8. The maximum absolute atomic E-state index is 12.3. The summed E-state index contributed by atoms with van der Waals surface area (Å²) in [6.07, 6.45) is 18.5. The molecular formula is C65H97AlILiN11O3S3. The Hall–Kier alpha value is -3.12. The summed E-state index contributed by atoms with van der Waals surface area (Å²) in [7, 11) is 0. The van der Waals surface area contributed by atoms with Crippen LogP contribution in [-0.2, 0) is 28.8 Å².